The molecule has 38 heavy (non-hydrogen) atoms. The molecule has 3 aromatic rings. The van der Waals surface area contributed by atoms with Crippen molar-refractivity contribution in [2.75, 3.05) is 10.8 Å². The summed E-state index contributed by atoms with van der Waals surface area (Å²) >= 11 is 16.0. The average molecular weight is 641 g/mol. The van der Waals surface area contributed by atoms with E-state index in [1.165, 1.54) is 29.2 Å². The van der Waals surface area contributed by atoms with Gasteiger partial charge in [0, 0.05) is 17.1 Å². The molecule has 2 amide bonds. The molecule has 0 bridgehead atoms. The van der Waals surface area contributed by atoms with Crippen molar-refractivity contribution in [2.45, 2.75) is 44.3 Å². The summed E-state index contributed by atoms with van der Waals surface area (Å²) in [5.41, 5.74) is 0.822. The Balaban J connectivity index is 2.06. The first-order chi connectivity index (χ1) is 17.9. The molecule has 11 heteroatoms. The van der Waals surface area contributed by atoms with Gasteiger partial charge in [0.2, 0.25) is 11.8 Å². The van der Waals surface area contributed by atoms with Crippen molar-refractivity contribution in [3.8, 4) is 0 Å². The number of amides is 2. The monoisotopic (exact) mass is 639 g/mol. The van der Waals surface area contributed by atoms with Crippen LogP contribution in [0, 0.1) is 0 Å². The lowest BCUT2D eigenvalue weighted by Gasteiger charge is -2.32. The number of halogens is 3. The Labute approximate surface area is 241 Å². The maximum absolute atomic E-state index is 13.9. The molecular weight excluding hydrogens is 613 g/mol. The summed E-state index contributed by atoms with van der Waals surface area (Å²) in [5, 5.41) is 2.95. The first kappa shape index (κ1) is 30.0. The van der Waals surface area contributed by atoms with Gasteiger partial charge in [0.05, 0.1) is 20.6 Å². The van der Waals surface area contributed by atoms with E-state index in [9.17, 15) is 18.0 Å². The van der Waals surface area contributed by atoms with Crippen LogP contribution >= 0.6 is 39.1 Å². The van der Waals surface area contributed by atoms with Crippen molar-refractivity contribution in [1.29, 1.82) is 0 Å². The van der Waals surface area contributed by atoms with E-state index in [0.29, 0.717) is 0 Å². The number of anilines is 1. The molecule has 0 saturated carbocycles. The van der Waals surface area contributed by atoms with Gasteiger partial charge in [0.1, 0.15) is 12.6 Å². The molecule has 1 atom stereocenters. The third-order valence-corrected chi connectivity index (χ3v) is 8.79. The van der Waals surface area contributed by atoms with E-state index in [4.69, 9.17) is 23.2 Å². The van der Waals surface area contributed by atoms with Gasteiger partial charge < -0.3 is 10.2 Å². The maximum Gasteiger partial charge on any atom is 0.264 e. The Kier molecular flexibility index (Phi) is 10.2. The Bertz CT molecular complexity index is 1390. The molecule has 0 aliphatic heterocycles. The zero-order chi connectivity index (χ0) is 28.0. The first-order valence-electron chi connectivity index (χ1n) is 11.8. The molecule has 3 rings (SSSR count). The van der Waals surface area contributed by atoms with Crippen LogP contribution in [-0.4, -0.2) is 43.8 Å². The fourth-order valence-corrected chi connectivity index (χ4v) is 5.85. The molecule has 0 aliphatic carbocycles. The number of rotatable bonds is 10. The van der Waals surface area contributed by atoms with E-state index >= 15 is 0 Å². The fourth-order valence-electron chi connectivity index (χ4n) is 3.69. The second-order valence-corrected chi connectivity index (χ2v) is 12.4. The van der Waals surface area contributed by atoms with Crippen molar-refractivity contribution >= 4 is 66.7 Å². The lowest BCUT2D eigenvalue weighted by molar-refractivity contribution is -0.139. The summed E-state index contributed by atoms with van der Waals surface area (Å²) in [6.07, 6.45) is 0. The zero-order valence-corrected chi connectivity index (χ0v) is 25.0. The molecule has 0 fully saturated rings. The van der Waals surface area contributed by atoms with E-state index in [1.807, 2.05) is 38.1 Å². The van der Waals surface area contributed by atoms with Crippen LogP contribution < -0.4 is 9.62 Å². The van der Waals surface area contributed by atoms with Crippen LogP contribution in [0.5, 0.6) is 0 Å². The summed E-state index contributed by atoms with van der Waals surface area (Å²) in [5.74, 6) is -0.946. The highest BCUT2D eigenvalue weighted by Crippen LogP contribution is 2.35. The summed E-state index contributed by atoms with van der Waals surface area (Å²) in [6, 6.07) is 18.6. The highest BCUT2D eigenvalue weighted by Gasteiger charge is 2.33. The van der Waals surface area contributed by atoms with Crippen molar-refractivity contribution in [3.63, 3.8) is 0 Å². The molecule has 3 aromatic carbocycles. The van der Waals surface area contributed by atoms with Crippen LogP contribution in [0.1, 0.15) is 26.3 Å². The molecule has 0 aliphatic rings. The second-order valence-electron chi connectivity index (χ2n) is 8.89. The SMILES string of the molecule is CC(C)NC(=O)[C@H](C)N(Cc1ccc(Br)cc1)C(=O)CN(c1cccc(Cl)c1Cl)S(=O)(=O)c1ccccc1. The quantitative estimate of drug-likeness (QED) is 0.299. The number of hydrogen-bond acceptors (Lipinski definition) is 4. The molecule has 202 valence electrons. The van der Waals surface area contributed by atoms with E-state index in [2.05, 4.69) is 21.2 Å². The molecule has 0 heterocycles. The second kappa shape index (κ2) is 13.0. The van der Waals surface area contributed by atoms with E-state index in [-0.39, 0.29) is 39.1 Å². The molecule has 0 spiro atoms. The number of sulfonamides is 1. The van der Waals surface area contributed by atoms with Crippen LogP contribution in [0.15, 0.2) is 82.2 Å². The Morgan fingerprint density at radius 2 is 1.55 bits per heavy atom. The Morgan fingerprint density at radius 1 is 0.921 bits per heavy atom. The van der Waals surface area contributed by atoms with Crippen LogP contribution in [0.25, 0.3) is 0 Å². The number of nitrogens with zero attached hydrogens (tertiary/aromatic N) is 2. The van der Waals surface area contributed by atoms with Crippen LogP contribution in [-0.2, 0) is 26.2 Å². The minimum Gasteiger partial charge on any atom is -0.352 e. The number of carbonyl (C=O) groups excluding carboxylic acids is 2. The van der Waals surface area contributed by atoms with Crippen molar-refractivity contribution in [2.24, 2.45) is 0 Å². The predicted molar refractivity (Wildman–Crippen MR) is 155 cm³/mol. The molecular formula is C27H28BrCl2N3O4S. The topological polar surface area (TPSA) is 86.8 Å². The van der Waals surface area contributed by atoms with Gasteiger partial charge in [0.25, 0.3) is 10.0 Å². The van der Waals surface area contributed by atoms with E-state index in [0.717, 1.165) is 14.3 Å². The molecule has 0 aromatic heterocycles. The summed E-state index contributed by atoms with van der Waals surface area (Å²) in [6.45, 7) is 4.73. The number of nitrogens with one attached hydrogen (secondary N) is 1. The normalized spacial score (nSPS) is 12.2. The van der Waals surface area contributed by atoms with Crippen LogP contribution in [0.3, 0.4) is 0 Å². The third-order valence-electron chi connectivity index (χ3n) is 5.67. The highest BCUT2D eigenvalue weighted by atomic mass is 79.9. The van der Waals surface area contributed by atoms with Gasteiger partial charge in [-0.3, -0.25) is 13.9 Å². The summed E-state index contributed by atoms with van der Waals surface area (Å²) < 4.78 is 29.3. The molecule has 0 unspecified atom stereocenters. The van der Waals surface area contributed by atoms with Gasteiger partial charge in [-0.15, -0.1) is 0 Å². The van der Waals surface area contributed by atoms with Gasteiger partial charge in [0.15, 0.2) is 0 Å². The lowest BCUT2D eigenvalue weighted by Crippen LogP contribution is -2.52. The number of carbonyl (C=O) groups is 2. The Morgan fingerprint density at radius 3 is 2.16 bits per heavy atom. The Hall–Kier alpha value is -2.59. The van der Waals surface area contributed by atoms with Gasteiger partial charge in [-0.05, 0) is 62.7 Å². The van der Waals surface area contributed by atoms with Crippen molar-refractivity contribution in [1.82, 2.24) is 10.2 Å². The van der Waals surface area contributed by atoms with E-state index in [1.54, 1.807) is 31.2 Å². The number of hydrogen-bond donors (Lipinski definition) is 1. The van der Waals surface area contributed by atoms with Gasteiger partial charge in [-0.25, -0.2) is 8.42 Å². The van der Waals surface area contributed by atoms with Crippen molar-refractivity contribution in [3.05, 3.63) is 92.9 Å². The number of benzene rings is 3. The predicted octanol–water partition coefficient (Wildman–Crippen LogP) is 5.89. The van der Waals surface area contributed by atoms with Gasteiger partial charge >= 0.3 is 0 Å². The van der Waals surface area contributed by atoms with Gasteiger partial charge in [-0.2, -0.15) is 0 Å². The maximum atomic E-state index is 13.9. The smallest absolute Gasteiger partial charge is 0.264 e. The molecule has 0 radical (unpaired) electrons. The van der Waals surface area contributed by atoms with Crippen LogP contribution in [0.4, 0.5) is 5.69 Å². The standard InChI is InChI=1S/C27H28BrCl2N3O4S/c1-18(2)31-27(35)19(3)32(16-20-12-14-21(28)15-13-20)25(34)17-33(24-11-7-10-23(29)26(24)30)38(36,37)22-8-5-4-6-9-22/h4-15,18-19H,16-17H2,1-3H3,(H,31,35)/t19-/m0/s1. The molecule has 0 saturated heterocycles. The summed E-state index contributed by atoms with van der Waals surface area (Å²) in [7, 11) is -4.23. The highest BCUT2D eigenvalue weighted by molar-refractivity contribution is 9.10. The minimum atomic E-state index is -4.23. The zero-order valence-electron chi connectivity index (χ0n) is 21.1. The molecule has 1 N–H and O–H groups in total. The lowest BCUT2D eigenvalue weighted by atomic mass is 10.1. The summed E-state index contributed by atoms with van der Waals surface area (Å²) in [4.78, 5) is 28.1. The average Bonchev–Trinajstić information content (AvgIpc) is 2.88. The van der Waals surface area contributed by atoms with E-state index < -0.39 is 28.5 Å². The fraction of sp³-hybridized carbons (Fsp3) is 0.259. The van der Waals surface area contributed by atoms with Crippen LogP contribution in [0.2, 0.25) is 10.0 Å². The molecule has 7 nitrogen and oxygen atoms in total. The minimum absolute atomic E-state index is 0.00784. The largest absolute Gasteiger partial charge is 0.352 e. The van der Waals surface area contributed by atoms with Crippen molar-refractivity contribution < 1.29 is 18.0 Å². The third kappa shape index (κ3) is 7.28. The van der Waals surface area contributed by atoms with Gasteiger partial charge in [-0.1, -0.05) is 75.5 Å². The first-order valence-corrected chi connectivity index (χ1v) is 14.8.